The third-order valence-corrected chi connectivity index (χ3v) is 8.65. The van der Waals surface area contributed by atoms with Crippen LogP contribution >= 0.6 is 22.6 Å². The Balaban J connectivity index is 1.97. The molecule has 0 aromatic heterocycles. The van der Waals surface area contributed by atoms with Crippen LogP contribution in [0.4, 0.5) is 5.69 Å². The molecule has 0 aliphatic carbocycles. The minimum Gasteiger partial charge on any atom is -0.354 e. The number of hydrogen-bond donors (Lipinski definition) is 1. The zero-order chi connectivity index (χ0) is 27.5. The summed E-state index contributed by atoms with van der Waals surface area (Å²) in [5.41, 5.74) is 1.41. The summed E-state index contributed by atoms with van der Waals surface area (Å²) in [5, 5.41) is 2.90. The molecule has 0 heterocycles. The molecule has 0 spiro atoms. The quantitative estimate of drug-likeness (QED) is 0.269. The lowest BCUT2D eigenvalue weighted by molar-refractivity contribution is -0.139. The molecule has 9 heteroatoms. The predicted molar refractivity (Wildman–Crippen MR) is 159 cm³/mol. The lowest BCUT2D eigenvalue weighted by Crippen LogP contribution is -2.53. The number of nitrogens with one attached hydrogen (secondary N) is 1. The molecule has 0 radical (unpaired) electrons. The lowest BCUT2D eigenvalue weighted by atomic mass is 10.1. The fraction of sp³-hybridized carbons (Fsp3) is 0.310. The highest BCUT2D eigenvalue weighted by atomic mass is 127. The first-order valence-electron chi connectivity index (χ1n) is 12.7. The zero-order valence-electron chi connectivity index (χ0n) is 21.7. The van der Waals surface area contributed by atoms with Crippen molar-refractivity contribution in [1.29, 1.82) is 0 Å². The Morgan fingerprint density at radius 3 is 2.08 bits per heavy atom. The van der Waals surface area contributed by atoms with Crippen LogP contribution in [0.5, 0.6) is 0 Å². The number of sulfonamides is 1. The van der Waals surface area contributed by atoms with Crippen LogP contribution in [0.3, 0.4) is 0 Å². The van der Waals surface area contributed by atoms with E-state index in [4.69, 9.17) is 0 Å². The van der Waals surface area contributed by atoms with Gasteiger partial charge in [0, 0.05) is 16.7 Å². The second-order valence-electron chi connectivity index (χ2n) is 8.84. The lowest BCUT2D eigenvalue weighted by Gasteiger charge is -2.33. The Hall–Kier alpha value is -2.92. The summed E-state index contributed by atoms with van der Waals surface area (Å²) < 4.78 is 29.6. The molecular formula is C29H34IN3O4S. The minimum atomic E-state index is -4.05. The molecule has 1 N–H and O–H groups in total. The number of rotatable bonds is 13. The first-order valence-corrected chi connectivity index (χ1v) is 15.2. The van der Waals surface area contributed by atoms with E-state index >= 15 is 0 Å². The van der Waals surface area contributed by atoms with Crippen LogP contribution in [0.1, 0.15) is 32.3 Å². The van der Waals surface area contributed by atoms with Gasteiger partial charge in [-0.1, -0.05) is 62.4 Å². The van der Waals surface area contributed by atoms with Crippen LogP contribution < -0.4 is 9.62 Å². The van der Waals surface area contributed by atoms with Crippen LogP contribution in [-0.2, 0) is 26.0 Å². The van der Waals surface area contributed by atoms with E-state index in [1.54, 1.807) is 42.5 Å². The molecule has 202 valence electrons. The molecule has 2 amide bonds. The maximum absolute atomic E-state index is 13.9. The summed E-state index contributed by atoms with van der Waals surface area (Å²) >= 11 is 2.15. The number of halogens is 1. The van der Waals surface area contributed by atoms with Crippen molar-refractivity contribution >= 4 is 50.1 Å². The molecule has 1 atom stereocenters. The van der Waals surface area contributed by atoms with Crippen LogP contribution in [0.25, 0.3) is 0 Å². The predicted octanol–water partition coefficient (Wildman–Crippen LogP) is 4.86. The van der Waals surface area contributed by atoms with Crippen molar-refractivity contribution in [2.24, 2.45) is 0 Å². The molecule has 3 aromatic rings. The fourth-order valence-corrected chi connectivity index (χ4v) is 5.91. The van der Waals surface area contributed by atoms with Gasteiger partial charge < -0.3 is 10.2 Å². The molecule has 0 bridgehead atoms. The molecule has 0 saturated heterocycles. The average Bonchev–Trinajstić information content (AvgIpc) is 2.94. The number of amides is 2. The highest BCUT2D eigenvalue weighted by molar-refractivity contribution is 14.1. The van der Waals surface area contributed by atoms with E-state index in [0.717, 1.165) is 19.9 Å². The number of benzene rings is 3. The van der Waals surface area contributed by atoms with Gasteiger partial charge in [0.2, 0.25) is 11.8 Å². The van der Waals surface area contributed by atoms with Crippen LogP contribution in [0, 0.1) is 3.57 Å². The Labute approximate surface area is 239 Å². The summed E-state index contributed by atoms with van der Waals surface area (Å²) in [5.74, 6) is -0.667. The standard InChI is InChI=1S/C29H34IN3O4S/c1-3-20-31-29(35)27(4-2)32(21-19-23-11-7-5-8-12-23)28(34)22-33(25-17-15-24(30)16-18-25)38(36,37)26-13-9-6-10-14-26/h5-18,27H,3-4,19-22H2,1-2H3,(H,31,35)/t27-/m0/s1. The molecule has 38 heavy (non-hydrogen) atoms. The molecule has 7 nitrogen and oxygen atoms in total. The van der Waals surface area contributed by atoms with Crippen molar-refractivity contribution in [2.45, 2.75) is 44.0 Å². The Morgan fingerprint density at radius 1 is 0.895 bits per heavy atom. The molecule has 3 aromatic carbocycles. The van der Waals surface area contributed by atoms with E-state index in [1.165, 1.54) is 17.0 Å². The zero-order valence-corrected chi connectivity index (χ0v) is 24.7. The summed E-state index contributed by atoms with van der Waals surface area (Å²) in [7, 11) is -4.05. The SMILES string of the molecule is CCCNC(=O)[C@H](CC)N(CCc1ccccc1)C(=O)CN(c1ccc(I)cc1)S(=O)(=O)c1ccccc1. The van der Waals surface area contributed by atoms with Crippen molar-refractivity contribution in [1.82, 2.24) is 10.2 Å². The van der Waals surface area contributed by atoms with Crippen LogP contribution in [-0.4, -0.2) is 50.8 Å². The van der Waals surface area contributed by atoms with E-state index in [-0.39, 0.29) is 17.3 Å². The molecule has 3 rings (SSSR count). The molecule has 0 saturated carbocycles. The molecule has 0 aliphatic heterocycles. The highest BCUT2D eigenvalue weighted by Gasteiger charge is 2.33. The van der Waals surface area contributed by atoms with E-state index < -0.39 is 28.5 Å². The van der Waals surface area contributed by atoms with Gasteiger partial charge in [-0.25, -0.2) is 8.42 Å². The maximum atomic E-state index is 13.9. The van der Waals surface area contributed by atoms with Gasteiger partial charge in [0.25, 0.3) is 10.0 Å². The van der Waals surface area contributed by atoms with Crippen molar-refractivity contribution in [3.63, 3.8) is 0 Å². The monoisotopic (exact) mass is 647 g/mol. The summed E-state index contributed by atoms with van der Waals surface area (Å²) in [4.78, 5) is 28.6. The van der Waals surface area contributed by atoms with E-state index in [2.05, 4.69) is 27.9 Å². The van der Waals surface area contributed by atoms with Crippen molar-refractivity contribution in [2.75, 3.05) is 23.9 Å². The summed E-state index contributed by atoms with van der Waals surface area (Å²) in [6.07, 6.45) is 1.72. The van der Waals surface area contributed by atoms with E-state index in [0.29, 0.717) is 25.1 Å². The van der Waals surface area contributed by atoms with Gasteiger partial charge in [0.05, 0.1) is 10.6 Å². The summed E-state index contributed by atoms with van der Waals surface area (Å²) in [6, 6.07) is 24.1. The number of carbonyl (C=O) groups excluding carboxylic acids is 2. The van der Waals surface area contributed by atoms with Gasteiger partial charge >= 0.3 is 0 Å². The van der Waals surface area contributed by atoms with Gasteiger partial charge in [0.15, 0.2) is 0 Å². The van der Waals surface area contributed by atoms with E-state index in [9.17, 15) is 18.0 Å². The second kappa shape index (κ2) is 14.3. The minimum absolute atomic E-state index is 0.0925. The van der Waals surface area contributed by atoms with Gasteiger partial charge in [0.1, 0.15) is 12.6 Å². The van der Waals surface area contributed by atoms with Crippen LogP contribution in [0.2, 0.25) is 0 Å². The Morgan fingerprint density at radius 2 is 1.50 bits per heavy atom. The van der Waals surface area contributed by atoms with Gasteiger partial charge in [-0.05, 0) is 83.8 Å². The summed E-state index contributed by atoms with van der Waals surface area (Å²) in [6.45, 7) is 4.19. The normalized spacial score (nSPS) is 12.0. The van der Waals surface area contributed by atoms with Gasteiger partial charge in [-0.15, -0.1) is 0 Å². The topological polar surface area (TPSA) is 86.8 Å². The largest absolute Gasteiger partial charge is 0.354 e. The van der Waals surface area contributed by atoms with Crippen molar-refractivity contribution < 1.29 is 18.0 Å². The first-order chi connectivity index (χ1) is 18.3. The number of anilines is 1. The molecule has 0 unspecified atom stereocenters. The third-order valence-electron chi connectivity index (χ3n) is 6.14. The van der Waals surface area contributed by atoms with Gasteiger partial charge in [-0.3, -0.25) is 13.9 Å². The first kappa shape index (κ1) is 29.6. The number of carbonyl (C=O) groups is 2. The molecule has 0 fully saturated rings. The van der Waals surface area contributed by atoms with Crippen LogP contribution in [0.15, 0.2) is 89.8 Å². The third kappa shape index (κ3) is 7.80. The van der Waals surface area contributed by atoms with E-state index in [1.807, 2.05) is 44.2 Å². The molecule has 0 aliphatic rings. The smallest absolute Gasteiger partial charge is 0.264 e. The maximum Gasteiger partial charge on any atom is 0.264 e. The number of hydrogen-bond acceptors (Lipinski definition) is 4. The highest BCUT2D eigenvalue weighted by Crippen LogP contribution is 2.25. The van der Waals surface area contributed by atoms with Gasteiger partial charge in [-0.2, -0.15) is 0 Å². The number of nitrogens with zero attached hydrogens (tertiary/aromatic N) is 2. The fourth-order valence-electron chi connectivity index (χ4n) is 4.12. The van der Waals surface area contributed by atoms with Crippen molar-refractivity contribution in [3.05, 3.63) is 94.1 Å². The van der Waals surface area contributed by atoms with Crippen molar-refractivity contribution in [3.8, 4) is 0 Å². The second-order valence-corrected chi connectivity index (χ2v) is 11.9. The Bertz CT molecular complexity index is 1290. The average molecular weight is 648 g/mol. The molecular weight excluding hydrogens is 613 g/mol. The Kier molecular flexibility index (Phi) is 11.1.